The number of hydrogen-bond donors (Lipinski definition) is 3. The van der Waals surface area contributed by atoms with Gasteiger partial charge in [0.25, 0.3) is 0 Å². The summed E-state index contributed by atoms with van der Waals surface area (Å²) in [6, 6.07) is 15.7. The largest absolute Gasteiger partial charge is 0.489 e. The number of pyridine rings is 1. The molecule has 160 valence electrons. The Morgan fingerprint density at radius 1 is 1.23 bits per heavy atom. The fraction of sp³-hybridized carbons (Fsp3) is 0.217. The number of nitrogens with two attached hydrogens (primary N) is 2. The van der Waals surface area contributed by atoms with Crippen molar-refractivity contribution in [1.29, 1.82) is 0 Å². The van der Waals surface area contributed by atoms with E-state index in [1.807, 2.05) is 6.07 Å². The van der Waals surface area contributed by atoms with Crippen LogP contribution in [0, 0.1) is 0 Å². The van der Waals surface area contributed by atoms with Crippen molar-refractivity contribution in [3.05, 3.63) is 81.5 Å². The van der Waals surface area contributed by atoms with Crippen LogP contribution >= 0.6 is 23.2 Å². The standard InChI is InChI=1S/C23H21Cl2N3O3/c1-22(21(27)29)12-31-20-15(22)10-17(23(30,11-26)13-6-3-2-4-7-13)28-19(20)14-8-5-9-16(24)18(14)25/h2-10,30H,11-12,26H2,1H3,(H2,27,29)/t22-,23+/m0/s1. The van der Waals surface area contributed by atoms with E-state index in [1.54, 1.807) is 55.5 Å². The number of primary amides is 1. The number of aromatic nitrogens is 1. The molecule has 1 aliphatic heterocycles. The quantitative estimate of drug-likeness (QED) is 0.543. The van der Waals surface area contributed by atoms with Crippen LogP contribution in [-0.4, -0.2) is 29.1 Å². The van der Waals surface area contributed by atoms with Crippen LogP contribution in [0.25, 0.3) is 11.3 Å². The number of hydrogen-bond acceptors (Lipinski definition) is 5. The van der Waals surface area contributed by atoms with Gasteiger partial charge in [-0.25, -0.2) is 4.98 Å². The molecule has 3 aromatic rings. The number of benzene rings is 2. The summed E-state index contributed by atoms with van der Waals surface area (Å²) in [5.74, 6) is -0.177. The second kappa shape index (κ2) is 7.80. The Bertz CT molecular complexity index is 1170. The third-order valence-corrected chi connectivity index (χ3v) is 6.61. The zero-order valence-corrected chi connectivity index (χ0v) is 18.2. The molecule has 4 rings (SSSR count). The molecule has 2 atom stereocenters. The van der Waals surface area contributed by atoms with Gasteiger partial charge in [0, 0.05) is 17.7 Å². The van der Waals surface area contributed by atoms with E-state index in [4.69, 9.17) is 44.4 Å². The first-order chi connectivity index (χ1) is 14.7. The maximum absolute atomic E-state index is 12.3. The number of amides is 1. The minimum absolute atomic E-state index is 0.0420. The van der Waals surface area contributed by atoms with Crippen LogP contribution in [0.1, 0.15) is 23.7 Å². The molecule has 1 aliphatic rings. The molecule has 0 aliphatic carbocycles. The third-order valence-electron chi connectivity index (χ3n) is 5.79. The van der Waals surface area contributed by atoms with Crippen molar-refractivity contribution in [2.75, 3.05) is 13.2 Å². The van der Waals surface area contributed by atoms with Crippen molar-refractivity contribution in [1.82, 2.24) is 4.98 Å². The Morgan fingerprint density at radius 3 is 2.58 bits per heavy atom. The predicted octanol–water partition coefficient (Wildman–Crippen LogP) is 3.39. The van der Waals surface area contributed by atoms with Crippen molar-refractivity contribution in [3.8, 4) is 17.0 Å². The van der Waals surface area contributed by atoms with Crippen molar-refractivity contribution in [2.45, 2.75) is 17.9 Å². The van der Waals surface area contributed by atoms with Gasteiger partial charge >= 0.3 is 0 Å². The van der Waals surface area contributed by atoms with Gasteiger partial charge in [-0.05, 0) is 24.6 Å². The molecule has 1 amide bonds. The lowest BCUT2D eigenvalue weighted by atomic mass is 9.81. The van der Waals surface area contributed by atoms with Crippen molar-refractivity contribution >= 4 is 29.1 Å². The van der Waals surface area contributed by atoms with Crippen LogP contribution in [0.4, 0.5) is 0 Å². The van der Waals surface area contributed by atoms with E-state index in [-0.39, 0.29) is 23.9 Å². The summed E-state index contributed by atoms with van der Waals surface area (Å²) in [5, 5.41) is 12.2. The molecule has 2 aromatic carbocycles. The number of carbonyl (C=O) groups is 1. The molecule has 31 heavy (non-hydrogen) atoms. The Hall–Kier alpha value is -2.64. The summed E-state index contributed by atoms with van der Waals surface area (Å²) >= 11 is 12.7. The van der Waals surface area contributed by atoms with Crippen LogP contribution in [0.2, 0.25) is 10.0 Å². The molecule has 6 nitrogen and oxygen atoms in total. The van der Waals surface area contributed by atoms with Gasteiger partial charge in [-0.15, -0.1) is 0 Å². The van der Waals surface area contributed by atoms with Crippen LogP contribution in [0.3, 0.4) is 0 Å². The maximum atomic E-state index is 12.3. The highest BCUT2D eigenvalue weighted by molar-refractivity contribution is 6.43. The monoisotopic (exact) mass is 457 g/mol. The number of nitrogens with zero attached hydrogens (tertiary/aromatic N) is 1. The summed E-state index contributed by atoms with van der Waals surface area (Å²) in [6.45, 7) is 1.60. The number of halogens is 2. The molecular weight excluding hydrogens is 437 g/mol. The number of carbonyl (C=O) groups excluding carboxylic acids is 1. The van der Waals surface area contributed by atoms with Crippen molar-refractivity contribution < 1.29 is 14.6 Å². The average molecular weight is 458 g/mol. The number of aliphatic hydroxyl groups is 1. The summed E-state index contributed by atoms with van der Waals surface area (Å²) in [5.41, 5.74) is 11.2. The second-order valence-corrected chi connectivity index (χ2v) is 8.53. The number of rotatable bonds is 5. The fourth-order valence-corrected chi connectivity index (χ4v) is 4.14. The highest BCUT2D eigenvalue weighted by Gasteiger charge is 2.45. The third kappa shape index (κ3) is 3.36. The zero-order chi connectivity index (χ0) is 22.4. The molecule has 0 unspecified atom stereocenters. The first kappa shape index (κ1) is 21.6. The van der Waals surface area contributed by atoms with Gasteiger partial charge in [0.2, 0.25) is 5.91 Å². The van der Waals surface area contributed by atoms with E-state index in [2.05, 4.69) is 0 Å². The van der Waals surface area contributed by atoms with Gasteiger partial charge in [-0.2, -0.15) is 0 Å². The van der Waals surface area contributed by atoms with Crippen molar-refractivity contribution in [2.24, 2.45) is 11.5 Å². The first-order valence-electron chi connectivity index (χ1n) is 9.63. The molecule has 0 fully saturated rings. The molecule has 5 N–H and O–H groups in total. The molecule has 1 aromatic heterocycles. The summed E-state index contributed by atoms with van der Waals surface area (Å²) in [7, 11) is 0. The van der Waals surface area contributed by atoms with Gasteiger partial charge in [0.1, 0.15) is 29.1 Å². The van der Waals surface area contributed by atoms with Crippen molar-refractivity contribution in [3.63, 3.8) is 0 Å². The summed E-state index contributed by atoms with van der Waals surface area (Å²) in [6.07, 6.45) is 0. The highest BCUT2D eigenvalue weighted by Crippen LogP contribution is 2.48. The van der Waals surface area contributed by atoms with Crippen LogP contribution in [0.5, 0.6) is 5.75 Å². The van der Waals surface area contributed by atoms with Gasteiger partial charge in [0.05, 0.1) is 15.7 Å². The van der Waals surface area contributed by atoms with Gasteiger partial charge in [-0.1, -0.05) is 65.7 Å². The van der Waals surface area contributed by atoms with Crippen LogP contribution in [-0.2, 0) is 15.8 Å². The summed E-state index contributed by atoms with van der Waals surface area (Å²) in [4.78, 5) is 17.1. The highest BCUT2D eigenvalue weighted by atomic mass is 35.5. The maximum Gasteiger partial charge on any atom is 0.231 e. The lowest BCUT2D eigenvalue weighted by molar-refractivity contribution is -0.123. The molecular formula is C23H21Cl2N3O3. The lowest BCUT2D eigenvalue weighted by Crippen LogP contribution is -2.41. The van der Waals surface area contributed by atoms with Gasteiger partial charge < -0.3 is 21.3 Å². The predicted molar refractivity (Wildman–Crippen MR) is 120 cm³/mol. The molecule has 0 spiro atoms. The Labute approximate surface area is 189 Å². The van der Waals surface area contributed by atoms with Gasteiger partial charge in [0.15, 0.2) is 0 Å². The molecule has 0 bridgehead atoms. The number of ether oxygens (including phenoxy) is 1. The van der Waals surface area contributed by atoms with E-state index in [0.29, 0.717) is 33.2 Å². The second-order valence-electron chi connectivity index (χ2n) is 7.75. The molecule has 2 heterocycles. The minimum atomic E-state index is -1.61. The minimum Gasteiger partial charge on any atom is -0.489 e. The smallest absolute Gasteiger partial charge is 0.231 e. The lowest BCUT2D eigenvalue weighted by Gasteiger charge is -2.29. The summed E-state index contributed by atoms with van der Waals surface area (Å²) < 4.78 is 5.88. The first-order valence-corrected chi connectivity index (χ1v) is 10.4. The van der Waals surface area contributed by atoms with Gasteiger partial charge in [-0.3, -0.25) is 4.79 Å². The van der Waals surface area contributed by atoms with Crippen LogP contribution < -0.4 is 16.2 Å². The number of fused-ring (bicyclic) bond motifs is 1. The van der Waals surface area contributed by atoms with E-state index >= 15 is 0 Å². The zero-order valence-electron chi connectivity index (χ0n) is 16.7. The van der Waals surface area contributed by atoms with Crippen LogP contribution in [0.15, 0.2) is 54.6 Å². The normalized spacial score (nSPS) is 19.4. The van der Waals surface area contributed by atoms with E-state index < -0.39 is 16.9 Å². The molecule has 0 saturated carbocycles. The molecule has 0 radical (unpaired) electrons. The topological polar surface area (TPSA) is 111 Å². The van der Waals surface area contributed by atoms with E-state index in [0.717, 1.165) is 0 Å². The molecule has 0 saturated heterocycles. The Morgan fingerprint density at radius 2 is 1.94 bits per heavy atom. The fourth-order valence-electron chi connectivity index (χ4n) is 3.75. The SMILES string of the molecule is C[C@]1(C(N)=O)COc2c1cc([C@@](O)(CN)c1ccccc1)nc2-c1cccc(Cl)c1Cl. The van der Waals surface area contributed by atoms with E-state index in [1.165, 1.54) is 0 Å². The van der Waals surface area contributed by atoms with E-state index in [9.17, 15) is 9.90 Å². The Balaban J connectivity index is 2.05. The Kier molecular flexibility index (Phi) is 5.43. The molecule has 8 heteroatoms. The average Bonchev–Trinajstić information content (AvgIpc) is 3.13.